The van der Waals surface area contributed by atoms with E-state index in [0.717, 1.165) is 19.4 Å². The van der Waals surface area contributed by atoms with Gasteiger partial charge in [0.2, 0.25) is 5.91 Å². The Hall–Kier alpha value is -1.30. The molecule has 114 valence electrons. The zero-order valence-electron chi connectivity index (χ0n) is 12.2. The maximum absolute atomic E-state index is 12.2. The average Bonchev–Trinajstić information content (AvgIpc) is 2.48. The minimum atomic E-state index is -0.278. The number of hydrogen-bond donors (Lipinski definition) is 0. The Kier molecular flexibility index (Phi) is 5.64. The van der Waals surface area contributed by atoms with Crippen LogP contribution in [0, 0.1) is 5.92 Å². The van der Waals surface area contributed by atoms with Gasteiger partial charge in [0.15, 0.2) is 0 Å². The van der Waals surface area contributed by atoms with Gasteiger partial charge in [-0.1, -0.05) is 0 Å². The van der Waals surface area contributed by atoms with Crippen LogP contribution in [0.5, 0.6) is 0 Å². The van der Waals surface area contributed by atoms with Crippen molar-refractivity contribution in [2.24, 2.45) is 5.92 Å². The number of ether oxygens (including phenoxy) is 2. The number of rotatable bonds is 3. The minimum absolute atomic E-state index is 0.184. The van der Waals surface area contributed by atoms with E-state index in [1.165, 1.54) is 0 Å². The molecule has 2 fully saturated rings. The molecule has 1 atom stereocenters. The molecule has 2 heterocycles. The van der Waals surface area contributed by atoms with Crippen LogP contribution in [0.25, 0.3) is 0 Å². The minimum Gasteiger partial charge on any atom is -0.450 e. The van der Waals surface area contributed by atoms with Gasteiger partial charge in [0.1, 0.15) is 0 Å². The highest BCUT2D eigenvalue weighted by atomic mass is 16.6. The predicted octanol–water partition coefficient (Wildman–Crippen LogP) is 1.10. The van der Waals surface area contributed by atoms with Crippen LogP contribution in [-0.4, -0.2) is 67.8 Å². The van der Waals surface area contributed by atoms with E-state index in [0.29, 0.717) is 51.7 Å². The van der Waals surface area contributed by atoms with Gasteiger partial charge in [-0.15, -0.1) is 0 Å². The molecule has 0 bridgehead atoms. The fraction of sp³-hybridized carbons (Fsp3) is 0.857. The lowest BCUT2D eigenvalue weighted by molar-refractivity contribution is -0.134. The van der Waals surface area contributed by atoms with Crippen LogP contribution in [0.3, 0.4) is 0 Å². The van der Waals surface area contributed by atoms with Crippen molar-refractivity contribution in [3.63, 3.8) is 0 Å². The Bertz CT molecular complexity index is 334. The van der Waals surface area contributed by atoms with Gasteiger partial charge in [-0.2, -0.15) is 0 Å². The Balaban J connectivity index is 1.72. The summed E-state index contributed by atoms with van der Waals surface area (Å²) in [5.41, 5.74) is 0. The lowest BCUT2D eigenvalue weighted by Gasteiger charge is -2.35. The van der Waals surface area contributed by atoms with Crippen LogP contribution in [0.2, 0.25) is 0 Å². The van der Waals surface area contributed by atoms with Crippen molar-refractivity contribution < 1.29 is 19.1 Å². The maximum Gasteiger partial charge on any atom is 0.409 e. The van der Waals surface area contributed by atoms with Crippen molar-refractivity contribution in [1.82, 2.24) is 9.80 Å². The van der Waals surface area contributed by atoms with E-state index in [1.54, 1.807) is 11.8 Å². The van der Waals surface area contributed by atoms with Crippen molar-refractivity contribution in [2.45, 2.75) is 26.2 Å². The van der Waals surface area contributed by atoms with Crippen molar-refractivity contribution in [3.8, 4) is 0 Å². The van der Waals surface area contributed by atoms with E-state index < -0.39 is 0 Å². The molecule has 6 heteroatoms. The topological polar surface area (TPSA) is 59.1 Å². The molecule has 0 radical (unpaired) electrons. The highest BCUT2D eigenvalue weighted by molar-refractivity contribution is 5.77. The zero-order chi connectivity index (χ0) is 14.4. The summed E-state index contributed by atoms with van der Waals surface area (Å²) >= 11 is 0. The highest BCUT2D eigenvalue weighted by Crippen LogP contribution is 2.18. The smallest absolute Gasteiger partial charge is 0.409 e. The maximum atomic E-state index is 12.2. The fourth-order valence-electron chi connectivity index (χ4n) is 2.70. The van der Waals surface area contributed by atoms with Crippen molar-refractivity contribution in [1.29, 1.82) is 0 Å². The second kappa shape index (κ2) is 7.47. The first kappa shape index (κ1) is 15.1. The largest absolute Gasteiger partial charge is 0.450 e. The third-order valence-corrected chi connectivity index (χ3v) is 3.88. The third-order valence-electron chi connectivity index (χ3n) is 3.88. The van der Waals surface area contributed by atoms with Crippen LogP contribution in [0.1, 0.15) is 26.2 Å². The molecular formula is C14H24N2O4. The second-order valence-corrected chi connectivity index (χ2v) is 5.35. The number of hydrogen-bond acceptors (Lipinski definition) is 4. The summed E-state index contributed by atoms with van der Waals surface area (Å²) in [7, 11) is 0. The lowest BCUT2D eigenvalue weighted by Crippen LogP contribution is -2.51. The van der Waals surface area contributed by atoms with E-state index in [-0.39, 0.29) is 12.0 Å². The SMILES string of the molecule is CCOC(=O)N1CCN(C(=O)CC2CCCOC2)CC1. The number of carbonyl (C=O) groups is 2. The molecular weight excluding hydrogens is 260 g/mol. The third kappa shape index (κ3) is 4.10. The number of piperazine rings is 1. The van der Waals surface area contributed by atoms with Gasteiger partial charge >= 0.3 is 6.09 Å². The number of carbonyl (C=O) groups excluding carboxylic acids is 2. The number of nitrogens with zero attached hydrogens (tertiary/aromatic N) is 2. The molecule has 2 aliphatic heterocycles. The van der Waals surface area contributed by atoms with E-state index in [4.69, 9.17) is 9.47 Å². The van der Waals surface area contributed by atoms with Crippen LogP contribution in [-0.2, 0) is 14.3 Å². The molecule has 2 amide bonds. The summed E-state index contributed by atoms with van der Waals surface area (Å²) in [6.07, 6.45) is 2.42. The molecule has 2 aliphatic rings. The fourth-order valence-corrected chi connectivity index (χ4v) is 2.70. The Morgan fingerprint density at radius 3 is 2.50 bits per heavy atom. The summed E-state index contributed by atoms with van der Waals surface area (Å²) in [5.74, 6) is 0.545. The van der Waals surface area contributed by atoms with Gasteiger partial charge in [-0.3, -0.25) is 4.79 Å². The van der Waals surface area contributed by atoms with E-state index in [9.17, 15) is 9.59 Å². The highest BCUT2D eigenvalue weighted by Gasteiger charge is 2.26. The summed E-state index contributed by atoms with van der Waals surface area (Å²) in [4.78, 5) is 27.3. The Morgan fingerprint density at radius 1 is 1.20 bits per heavy atom. The normalized spacial score (nSPS) is 23.6. The van der Waals surface area contributed by atoms with Crippen LogP contribution < -0.4 is 0 Å². The molecule has 2 saturated heterocycles. The zero-order valence-corrected chi connectivity index (χ0v) is 12.2. The lowest BCUT2D eigenvalue weighted by atomic mass is 9.98. The van der Waals surface area contributed by atoms with Crippen LogP contribution in [0.4, 0.5) is 4.79 Å². The van der Waals surface area contributed by atoms with Gasteiger partial charge in [0, 0.05) is 45.8 Å². The summed E-state index contributed by atoms with van der Waals surface area (Å²) in [5, 5.41) is 0. The molecule has 0 spiro atoms. The molecule has 1 unspecified atom stereocenters. The van der Waals surface area contributed by atoms with E-state index in [2.05, 4.69) is 0 Å². The molecule has 0 aromatic rings. The molecule has 20 heavy (non-hydrogen) atoms. The molecule has 0 N–H and O–H groups in total. The standard InChI is InChI=1S/C14H24N2O4/c1-2-20-14(18)16-7-5-15(6-8-16)13(17)10-12-4-3-9-19-11-12/h12H,2-11H2,1H3. The first-order chi connectivity index (χ1) is 9.70. The summed E-state index contributed by atoms with van der Waals surface area (Å²) in [6.45, 7) is 6.04. The summed E-state index contributed by atoms with van der Waals surface area (Å²) in [6, 6.07) is 0. The predicted molar refractivity (Wildman–Crippen MR) is 73.3 cm³/mol. The van der Waals surface area contributed by atoms with Gasteiger partial charge in [0.25, 0.3) is 0 Å². The second-order valence-electron chi connectivity index (χ2n) is 5.35. The molecule has 2 rings (SSSR count). The summed E-state index contributed by atoms with van der Waals surface area (Å²) < 4.78 is 10.4. The molecule has 0 aliphatic carbocycles. The molecule has 6 nitrogen and oxygen atoms in total. The van der Waals surface area contributed by atoms with Crippen molar-refractivity contribution in [3.05, 3.63) is 0 Å². The van der Waals surface area contributed by atoms with Gasteiger partial charge in [0.05, 0.1) is 6.61 Å². The van der Waals surface area contributed by atoms with Gasteiger partial charge in [-0.25, -0.2) is 4.79 Å². The molecule has 0 saturated carbocycles. The van der Waals surface area contributed by atoms with Crippen LogP contribution >= 0.6 is 0 Å². The monoisotopic (exact) mass is 284 g/mol. The molecule has 0 aromatic heterocycles. The molecule has 0 aromatic carbocycles. The first-order valence-electron chi connectivity index (χ1n) is 7.48. The Labute approximate surface area is 120 Å². The van der Waals surface area contributed by atoms with Gasteiger partial charge in [-0.05, 0) is 25.7 Å². The van der Waals surface area contributed by atoms with Gasteiger partial charge < -0.3 is 19.3 Å². The Morgan fingerprint density at radius 2 is 1.90 bits per heavy atom. The van der Waals surface area contributed by atoms with Crippen molar-refractivity contribution in [2.75, 3.05) is 46.0 Å². The average molecular weight is 284 g/mol. The first-order valence-corrected chi connectivity index (χ1v) is 7.48. The van der Waals surface area contributed by atoms with E-state index in [1.807, 2.05) is 4.90 Å². The van der Waals surface area contributed by atoms with E-state index >= 15 is 0 Å². The van der Waals surface area contributed by atoms with Crippen molar-refractivity contribution >= 4 is 12.0 Å². The van der Waals surface area contributed by atoms with Crippen LogP contribution in [0.15, 0.2) is 0 Å². The number of amides is 2. The quantitative estimate of drug-likeness (QED) is 0.779.